The van der Waals surface area contributed by atoms with E-state index < -0.39 is 0 Å². The van der Waals surface area contributed by atoms with Crippen LogP contribution in [0.3, 0.4) is 0 Å². The second kappa shape index (κ2) is 7.04. The van der Waals surface area contributed by atoms with E-state index in [2.05, 4.69) is 36.5 Å². The Labute approximate surface area is 108 Å². The fourth-order valence-corrected chi connectivity index (χ4v) is 3.08. The van der Waals surface area contributed by atoms with Gasteiger partial charge in [0, 0.05) is 23.3 Å². The Hall–Kier alpha value is -0.510. The molecule has 1 saturated heterocycles. The van der Waals surface area contributed by atoms with Gasteiger partial charge < -0.3 is 10.1 Å². The number of hydrogen-bond acceptors (Lipinski definition) is 3. The predicted molar refractivity (Wildman–Crippen MR) is 73.5 cm³/mol. The van der Waals surface area contributed by atoms with Gasteiger partial charge in [0.2, 0.25) is 0 Å². The molecule has 0 aliphatic carbocycles. The molecule has 0 aromatic heterocycles. The van der Waals surface area contributed by atoms with Crippen molar-refractivity contribution in [3.8, 4) is 0 Å². The first-order valence-electron chi connectivity index (χ1n) is 6.42. The molecule has 0 amide bonds. The highest BCUT2D eigenvalue weighted by Gasteiger charge is 2.14. The van der Waals surface area contributed by atoms with Gasteiger partial charge in [-0.15, -0.1) is 11.8 Å². The van der Waals surface area contributed by atoms with Crippen LogP contribution >= 0.6 is 11.8 Å². The maximum Gasteiger partial charge on any atom is 0.0588 e. The Morgan fingerprint density at radius 2 is 2.18 bits per heavy atom. The van der Waals surface area contributed by atoms with Crippen molar-refractivity contribution in [3.05, 3.63) is 29.8 Å². The summed E-state index contributed by atoms with van der Waals surface area (Å²) in [4.78, 5) is 1.36. The van der Waals surface area contributed by atoms with Crippen LogP contribution in [0.2, 0.25) is 0 Å². The fraction of sp³-hybridized carbons (Fsp3) is 0.571. The van der Waals surface area contributed by atoms with Gasteiger partial charge in [0.05, 0.1) is 6.61 Å². The van der Waals surface area contributed by atoms with Gasteiger partial charge in [-0.3, -0.25) is 0 Å². The zero-order valence-corrected chi connectivity index (χ0v) is 11.3. The Kier molecular flexibility index (Phi) is 5.36. The number of nitrogens with one attached hydrogen (secondary N) is 1. The minimum absolute atomic E-state index is 0.642. The Morgan fingerprint density at radius 1 is 1.35 bits per heavy atom. The van der Waals surface area contributed by atoms with Crippen LogP contribution in [-0.2, 0) is 11.3 Å². The van der Waals surface area contributed by atoms with Crippen molar-refractivity contribution in [2.45, 2.75) is 36.5 Å². The summed E-state index contributed by atoms with van der Waals surface area (Å²) in [5.41, 5.74) is 1.36. The largest absolute Gasteiger partial charge is 0.380 e. The van der Waals surface area contributed by atoms with E-state index in [1.165, 1.54) is 23.3 Å². The quantitative estimate of drug-likeness (QED) is 0.869. The summed E-state index contributed by atoms with van der Waals surface area (Å²) in [6.07, 6.45) is 2.49. The number of hydrogen-bond donors (Lipinski definition) is 1. The lowest BCUT2D eigenvalue weighted by Crippen LogP contribution is -2.19. The minimum atomic E-state index is 0.642. The monoisotopic (exact) mass is 251 g/mol. The molecule has 1 atom stereocenters. The van der Waals surface area contributed by atoms with Gasteiger partial charge in [-0.05, 0) is 37.1 Å². The molecule has 1 aliphatic heterocycles. The Balaban J connectivity index is 1.84. The van der Waals surface area contributed by atoms with E-state index in [0.717, 1.165) is 26.3 Å². The van der Waals surface area contributed by atoms with Crippen molar-refractivity contribution in [3.63, 3.8) is 0 Å². The third-order valence-corrected chi connectivity index (χ3v) is 4.17. The van der Waals surface area contributed by atoms with Gasteiger partial charge in [0.25, 0.3) is 0 Å². The van der Waals surface area contributed by atoms with Gasteiger partial charge >= 0.3 is 0 Å². The molecule has 0 bridgehead atoms. The topological polar surface area (TPSA) is 21.3 Å². The zero-order valence-electron chi connectivity index (χ0n) is 10.4. The fourth-order valence-electron chi connectivity index (χ4n) is 1.95. The Morgan fingerprint density at radius 3 is 2.82 bits per heavy atom. The maximum atomic E-state index is 5.50. The van der Waals surface area contributed by atoms with Crippen LogP contribution < -0.4 is 5.32 Å². The molecule has 1 N–H and O–H groups in total. The standard InChI is InChI=1S/C14H21NOS/c1-2-15-10-12-5-7-13(8-6-12)17-14-4-3-9-16-11-14/h5-8,14-15H,2-4,9-11H2,1H3. The third-order valence-electron chi connectivity index (χ3n) is 2.92. The van der Waals surface area contributed by atoms with E-state index in [-0.39, 0.29) is 0 Å². The molecule has 1 heterocycles. The molecule has 94 valence electrons. The van der Waals surface area contributed by atoms with Crippen LogP contribution in [0.15, 0.2) is 29.2 Å². The van der Waals surface area contributed by atoms with E-state index in [1.54, 1.807) is 0 Å². The average Bonchev–Trinajstić information content (AvgIpc) is 2.39. The van der Waals surface area contributed by atoms with Crippen LogP contribution in [0.5, 0.6) is 0 Å². The summed E-state index contributed by atoms with van der Waals surface area (Å²) in [7, 11) is 0. The van der Waals surface area contributed by atoms with Crippen molar-refractivity contribution < 1.29 is 4.74 Å². The highest BCUT2D eigenvalue weighted by molar-refractivity contribution is 8.00. The van der Waals surface area contributed by atoms with Crippen LogP contribution in [0.4, 0.5) is 0 Å². The first-order valence-corrected chi connectivity index (χ1v) is 7.30. The number of rotatable bonds is 5. The van der Waals surface area contributed by atoms with Crippen molar-refractivity contribution in [1.82, 2.24) is 5.32 Å². The van der Waals surface area contributed by atoms with E-state index in [9.17, 15) is 0 Å². The molecule has 17 heavy (non-hydrogen) atoms. The van der Waals surface area contributed by atoms with Gasteiger partial charge in [-0.2, -0.15) is 0 Å². The van der Waals surface area contributed by atoms with Crippen molar-refractivity contribution in [2.75, 3.05) is 19.8 Å². The summed E-state index contributed by atoms with van der Waals surface area (Å²) in [5, 5.41) is 3.98. The van der Waals surface area contributed by atoms with E-state index in [4.69, 9.17) is 4.74 Å². The van der Waals surface area contributed by atoms with E-state index >= 15 is 0 Å². The van der Waals surface area contributed by atoms with Gasteiger partial charge in [-0.25, -0.2) is 0 Å². The molecule has 1 unspecified atom stereocenters. The molecule has 1 aliphatic rings. The highest BCUT2D eigenvalue weighted by atomic mass is 32.2. The smallest absolute Gasteiger partial charge is 0.0588 e. The second-order valence-corrected chi connectivity index (χ2v) is 5.76. The van der Waals surface area contributed by atoms with Crippen molar-refractivity contribution in [1.29, 1.82) is 0 Å². The molecule has 3 heteroatoms. The van der Waals surface area contributed by atoms with Crippen LogP contribution in [0, 0.1) is 0 Å². The van der Waals surface area contributed by atoms with Crippen molar-refractivity contribution >= 4 is 11.8 Å². The SMILES string of the molecule is CCNCc1ccc(SC2CCCOC2)cc1. The van der Waals surface area contributed by atoms with Crippen LogP contribution in [0.25, 0.3) is 0 Å². The lowest BCUT2D eigenvalue weighted by Gasteiger charge is -2.21. The molecule has 2 nitrogen and oxygen atoms in total. The average molecular weight is 251 g/mol. The normalized spacial score (nSPS) is 20.4. The van der Waals surface area contributed by atoms with Gasteiger partial charge in [-0.1, -0.05) is 19.1 Å². The minimum Gasteiger partial charge on any atom is -0.380 e. The summed E-state index contributed by atoms with van der Waals surface area (Å²) < 4.78 is 5.50. The lowest BCUT2D eigenvalue weighted by atomic mass is 10.2. The molecule has 0 radical (unpaired) electrons. The number of ether oxygens (including phenoxy) is 1. The van der Waals surface area contributed by atoms with Gasteiger partial charge in [0.1, 0.15) is 0 Å². The summed E-state index contributed by atoms with van der Waals surface area (Å²) in [5.74, 6) is 0. The third kappa shape index (κ3) is 4.34. The van der Waals surface area contributed by atoms with E-state index in [1.807, 2.05) is 11.8 Å². The van der Waals surface area contributed by atoms with Crippen molar-refractivity contribution in [2.24, 2.45) is 0 Å². The molecule has 1 aromatic rings. The number of thioether (sulfide) groups is 1. The predicted octanol–water partition coefficient (Wildman–Crippen LogP) is 3.07. The second-order valence-electron chi connectivity index (χ2n) is 4.38. The molecular formula is C14H21NOS. The van der Waals surface area contributed by atoms with Crippen LogP contribution in [-0.4, -0.2) is 25.0 Å². The molecular weight excluding hydrogens is 230 g/mol. The first kappa shape index (κ1) is 12.9. The molecule has 1 fully saturated rings. The summed E-state index contributed by atoms with van der Waals surface area (Å²) in [6.45, 7) is 5.97. The van der Waals surface area contributed by atoms with Gasteiger partial charge in [0.15, 0.2) is 0 Å². The first-order chi connectivity index (χ1) is 8.38. The summed E-state index contributed by atoms with van der Waals surface area (Å²) >= 11 is 1.95. The number of benzene rings is 1. The summed E-state index contributed by atoms with van der Waals surface area (Å²) in [6, 6.07) is 8.89. The molecule has 2 rings (SSSR count). The molecule has 0 saturated carbocycles. The Bertz CT molecular complexity index is 319. The highest BCUT2D eigenvalue weighted by Crippen LogP contribution is 2.28. The van der Waals surface area contributed by atoms with Crippen LogP contribution in [0.1, 0.15) is 25.3 Å². The lowest BCUT2D eigenvalue weighted by molar-refractivity contribution is 0.101. The zero-order chi connectivity index (χ0) is 11.9. The maximum absolute atomic E-state index is 5.50. The molecule has 1 aromatic carbocycles. The van der Waals surface area contributed by atoms with E-state index in [0.29, 0.717) is 5.25 Å². The molecule has 0 spiro atoms.